The van der Waals surface area contributed by atoms with Crippen LogP contribution >= 0.6 is 11.6 Å². The molecule has 0 bridgehead atoms. The van der Waals surface area contributed by atoms with Gasteiger partial charge >= 0.3 is 0 Å². The maximum atomic E-state index is 6.13. The number of hydrogen-bond acceptors (Lipinski definition) is 6. The molecule has 1 N–H and O–H groups in total. The van der Waals surface area contributed by atoms with Crippen molar-refractivity contribution in [1.29, 1.82) is 0 Å². The number of rotatable bonds is 3. The van der Waals surface area contributed by atoms with E-state index in [-0.39, 0.29) is 0 Å². The van der Waals surface area contributed by atoms with Gasteiger partial charge in [-0.05, 0) is 12.8 Å². The van der Waals surface area contributed by atoms with E-state index in [9.17, 15) is 0 Å². The van der Waals surface area contributed by atoms with E-state index in [1.807, 2.05) is 7.05 Å². The Kier molecular flexibility index (Phi) is 4.77. The fraction of sp³-hybridized carbons (Fsp3) is 0.714. The Morgan fingerprint density at radius 1 is 1.19 bits per heavy atom. The molecule has 0 amide bonds. The van der Waals surface area contributed by atoms with E-state index in [0.29, 0.717) is 11.2 Å². The van der Waals surface area contributed by atoms with Gasteiger partial charge in [0.05, 0.1) is 0 Å². The second-order valence-corrected chi connectivity index (χ2v) is 5.84. The molecule has 2 aliphatic heterocycles. The van der Waals surface area contributed by atoms with Crippen molar-refractivity contribution in [3.05, 3.63) is 11.5 Å². The van der Waals surface area contributed by atoms with Crippen LogP contribution in [-0.4, -0.2) is 67.4 Å². The minimum absolute atomic E-state index is 0.481. The highest BCUT2D eigenvalue weighted by Crippen LogP contribution is 2.29. The summed E-state index contributed by atoms with van der Waals surface area (Å²) in [6, 6.07) is 0.679. The van der Waals surface area contributed by atoms with Crippen LogP contribution in [0.3, 0.4) is 0 Å². The second-order valence-electron chi connectivity index (χ2n) is 5.48. The minimum atomic E-state index is 0.481. The van der Waals surface area contributed by atoms with Crippen LogP contribution in [-0.2, 0) is 4.74 Å². The highest BCUT2D eigenvalue weighted by molar-refractivity contribution is 6.32. The van der Waals surface area contributed by atoms with E-state index in [1.54, 1.807) is 0 Å². The predicted molar refractivity (Wildman–Crippen MR) is 84.2 cm³/mol. The van der Waals surface area contributed by atoms with Gasteiger partial charge < -0.3 is 15.0 Å². The van der Waals surface area contributed by atoms with Crippen molar-refractivity contribution in [2.24, 2.45) is 0 Å². The van der Waals surface area contributed by atoms with Crippen LogP contribution in [0, 0.1) is 0 Å². The first-order valence-electron chi connectivity index (χ1n) is 7.54. The lowest BCUT2D eigenvalue weighted by atomic mass is 10.1. The Bertz CT molecular complexity index is 472. The molecule has 0 unspecified atom stereocenters. The third kappa shape index (κ3) is 3.22. The molecular weight excluding hydrogens is 290 g/mol. The maximum Gasteiger partial charge on any atom is 0.157 e. The Morgan fingerprint density at radius 3 is 2.57 bits per heavy atom. The fourth-order valence-corrected chi connectivity index (χ4v) is 3.38. The number of anilines is 2. The van der Waals surface area contributed by atoms with E-state index >= 15 is 0 Å². The first kappa shape index (κ1) is 14.8. The Balaban J connectivity index is 1.64. The number of ether oxygens (including phenoxy) is 1. The van der Waals surface area contributed by atoms with Crippen LogP contribution in [0.4, 0.5) is 11.5 Å². The summed E-state index contributed by atoms with van der Waals surface area (Å²) in [6.07, 6.45) is 3.84. The lowest BCUT2D eigenvalue weighted by molar-refractivity contribution is 0.0321. The lowest BCUT2D eigenvalue weighted by Gasteiger charge is -2.41. The van der Waals surface area contributed by atoms with Crippen molar-refractivity contribution in [1.82, 2.24) is 14.9 Å². The first-order valence-corrected chi connectivity index (χ1v) is 7.92. The van der Waals surface area contributed by atoms with Crippen LogP contribution in [0.1, 0.15) is 12.8 Å². The minimum Gasteiger partial charge on any atom is -0.383 e. The van der Waals surface area contributed by atoms with Gasteiger partial charge in [-0.2, -0.15) is 0 Å². The third-order valence-corrected chi connectivity index (χ3v) is 4.64. The molecule has 0 radical (unpaired) electrons. The number of piperazine rings is 1. The Labute approximate surface area is 130 Å². The third-order valence-electron chi connectivity index (χ3n) is 4.35. The van der Waals surface area contributed by atoms with Gasteiger partial charge in [0, 0.05) is 52.5 Å². The zero-order valence-corrected chi connectivity index (χ0v) is 13.1. The summed E-state index contributed by atoms with van der Waals surface area (Å²) in [5.74, 6) is 0.907. The average Bonchev–Trinajstić information content (AvgIpc) is 2.55. The van der Waals surface area contributed by atoms with E-state index in [0.717, 1.165) is 63.7 Å². The molecular formula is C14H22ClN5O. The maximum absolute atomic E-state index is 6.13. The van der Waals surface area contributed by atoms with Crippen LogP contribution in [0.15, 0.2) is 6.33 Å². The van der Waals surface area contributed by atoms with E-state index in [4.69, 9.17) is 16.3 Å². The SMILES string of the molecule is CNc1c(Cl)ncnc1N1CCN(C2CCOCC2)CC1. The van der Waals surface area contributed by atoms with Crippen molar-refractivity contribution in [3.63, 3.8) is 0 Å². The normalized spacial score (nSPS) is 21.5. The summed E-state index contributed by atoms with van der Waals surface area (Å²) < 4.78 is 5.45. The molecule has 3 rings (SSSR count). The quantitative estimate of drug-likeness (QED) is 0.853. The molecule has 0 spiro atoms. The molecule has 2 fully saturated rings. The molecule has 2 aliphatic rings. The summed E-state index contributed by atoms with van der Waals surface area (Å²) in [6.45, 7) is 5.87. The summed E-state index contributed by atoms with van der Waals surface area (Å²) >= 11 is 6.13. The van der Waals surface area contributed by atoms with Crippen molar-refractivity contribution >= 4 is 23.1 Å². The number of nitrogens with one attached hydrogen (secondary N) is 1. The van der Waals surface area contributed by atoms with Crippen molar-refractivity contribution < 1.29 is 4.74 Å². The van der Waals surface area contributed by atoms with Crippen LogP contribution in [0.5, 0.6) is 0 Å². The number of hydrogen-bond donors (Lipinski definition) is 1. The highest BCUT2D eigenvalue weighted by atomic mass is 35.5. The lowest BCUT2D eigenvalue weighted by Crippen LogP contribution is -2.52. The zero-order valence-electron chi connectivity index (χ0n) is 12.4. The summed E-state index contributed by atoms with van der Waals surface area (Å²) in [4.78, 5) is 13.3. The standard InChI is InChI=1S/C14H22ClN5O/c1-16-12-13(15)17-10-18-14(12)20-6-4-19(5-7-20)11-2-8-21-9-3-11/h10-11,16H,2-9H2,1H3. The molecule has 0 saturated carbocycles. The van der Waals surface area contributed by atoms with Gasteiger partial charge in [-0.25, -0.2) is 9.97 Å². The van der Waals surface area contributed by atoms with E-state index in [2.05, 4.69) is 25.1 Å². The Hall–Kier alpha value is -1.11. The molecule has 21 heavy (non-hydrogen) atoms. The first-order chi connectivity index (χ1) is 10.3. The smallest absolute Gasteiger partial charge is 0.157 e. The fourth-order valence-electron chi connectivity index (χ4n) is 3.16. The summed E-state index contributed by atoms with van der Waals surface area (Å²) in [5.41, 5.74) is 0.818. The zero-order chi connectivity index (χ0) is 14.7. The molecule has 6 nitrogen and oxygen atoms in total. The van der Waals surface area contributed by atoms with Gasteiger partial charge in [0.15, 0.2) is 11.0 Å². The number of halogens is 1. The average molecular weight is 312 g/mol. The highest BCUT2D eigenvalue weighted by Gasteiger charge is 2.27. The van der Waals surface area contributed by atoms with Crippen molar-refractivity contribution in [2.45, 2.75) is 18.9 Å². The van der Waals surface area contributed by atoms with Crippen molar-refractivity contribution in [2.75, 3.05) is 56.7 Å². The monoisotopic (exact) mass is 311 g/mol. The topological polar surface area (TPSA) is 53.5 Å². The summed E-state index contributed by atoms with van der Waals surface area (Å²) in [5, 5.41) is 3.59. The van der Waals surface area contributed by atoms with E-state index in [1.165, 1.54) is 6.33 Å². The second kappa shape index (κ2) is 6.77. The molecule has 0 aromatic carbocycles. The number of nitrogens with zero attached hydrogens (tertiary/aromatic N) is 4. The molecule has 2 saturated heterocycles. The number of aromatic nitrogens is 2. The van der Waals surface area contributed by atoms with Crippen molar-refractivity contribution in [3.8, 4) is 0 Å². The van der Waals surface area contributed by atoms with Crippen LogP contribution in [0.2, 0.25) is 5.15 Å². The molecule has 116 valence electrons. The van der Waals surface area contributed by atoms with Crippen LogP contribution < -0.4 is 10.2 Å². The molecule has 1 aromatic rings. The Morgan fingerprint density at radius 2 is 1.90 bits per heavy atom. The summed E-state index contributed by atoms with van der Waals surface area (Å²) in [7, 11) is 1.85. The van der Waals surface area contributed by atoms with Gasteiger partial charge in [0.2, 0.25) is 0 Å². The van der Waals surface area contributed by atoms with Gasteiger partial charge in [-0.1, -0.05) is 11.6 Å². The predicted octanol–water partition coefficient (Wildman–Crippen LogP) is 1.47. The molecule has 3 heterocycles. The van der Waals surface area contributed by atoms with Gasteiger partial charge in [-0.15, -0.1) is 0 Å². The molecule has 7 heteroatoms. The largest absolute Gasteiger partial charge is 0.383 e. The van der Waals surface area contributed by atoms with Gasteiger partial charge in [-0.3, -0.25) is 4.90 Å². The van der Waals surface area contributed by atoms with Gasteiger partial charge in [0.1, 0.15) is 12.0 Å². The van der Waals surface area contributed by atoms with Gasteiger partial charge in [0.25, 0.3) is 0 Å². The molecule has 1 aromatic heterocycles. The molecule has 0 aliphatic carbocycles. The van der Waals surface area contributed by atoms with E-state index < -0.39 is 0 Å². The molecule has 0 atom stereocenters. The van der Waals surface area contributed by atoms with Crippen LogP contribution in [0.25, 0.3) is 0 Å².